The van der Waals surface area contributed by atoms with Crippen LogP contribution in [0.5, 0.6) is 5.75 Å². The summed E-state index contributed by atoms with van der Waals surface area (Å²) in [6.45, 7) is 3.74. The van der Waals surface area contributed by atoms with Gasteiger partial charge in [-0.3, -0.25) is 4.79 Å². The minimum Gasteiger partial charge on any atom is -0.495 e. The fraction of sp³-hybridized carbons (Fsp3) is 0.200. The van der Waals surface area contributed by atoms with Gasteiger partial charge in [0.1, 0.15) is 5.75 Å². The van der Waals surface area contributed by atoms with Crippen molar-refractivity contribution >= 4 is 33.8 Å². The fourth-order valence-electron chi connectivity index (χ4n) is 2.37. The van der Waals surface area contributed by atoms with Gasteiger partial charge in [0.2, 0.25) is 5.91 Å². The van der Waals surface area contributed by atoms with E-state index in [1.165, 1.54) is 11.3 Å². The summed E-state index contributed by atoms with van der Waals surface area (Å²) < 4.78 is 5.36. The molecule has 3 rings (SSSR count). The van der Waals surface area contributed by atoms with Crippen LogP contribution in [0.3, 0.4) is 0 Å². The number of carbonyl (C=O) groups is 1. The van der Waals surface area contributed by atoms with Gasteiger partial charge in [0.05, 0.1) is 18.5 Å². The summed E-state index contributed by atoms with van der Waals surface area (Å²) in [4.78, 5) is 16.5. The molecule has 2 N–H and O–H groups in total. The number of anilines is 3. The number of rotatable bonds is 6. The molecule has 0 atom stereocenters. The summed E-state index contributed by atoms with van der Waals surface area (Å²) in [6.07, 6.45) is 0. The molecule has 0 bridgehead atoms. The van der Waals surface area contributed by atoms with Crippen LogP contribution in [0.15, 0.2) is 53.9 Å². The van der Waals surface area contributed by atoms with Crippen LogP contribution in [0.2, 0.25) is 0 Å². The Hall–Kier alpha value is -2.86. The molecule has 0 fully saturated rings. The zero-order chi connectivity index (χ0) is 18.5. The molecule has 0 saturated carbocycles. The number of nitrogens with one attached hydrogen (secondary N) is 2. The SMILES string of the molecule is COc1ccccc1Nc1nc(-c2cccc(NC(=O)C(C)C)c2)cs1. The molecule has 26 heavy (non-hydrogen) atoms. The summed E-state index contributed by atoms with van der Waals surface area (Å²) in [7, 11) is 1.64. The largest absolute Gasteiger partial charge is 0.495 e. The van der Waals surface area contributed by atoms with E-state index in [-0.39, 0.29) is 11.8 Å². The number of thiazole rings is 1. The van der Waals surface area contributed by atoms with Gasteiger partial charge < -0.3 is 15.4 Å². The molecule has 2 aromatic carbocycles. The second-order valence-electron chi connectivity index (χ2n) is 6.09. The maximum absolute atomic E-state index is 11.9. The maximum Gasteiger partial charge on any atom is 0.226 e. The summed E-state index contributed by atoms with van der Waals surface area (Å²) >= 11 is 1.52. The van der Waals surface area contributed by atoms with Crippen LogP contribution in [-0.4, -0.2) is 18.0 Å². The van der Waals surface area contributed by atoms with Crippen molar-refractivity contribution in [2.24, 2.45) is 5.92 Å². The molecule has 0 spiro atoms. The Morgan fingerprint density at radius 3 is 2.73 bits per heavy atom. The van der Waals surface area contributed by atoms with Gasteiger partial charge in [-0.1, -0.05) is 38.1 Å². The first kappa shape index (κ1) is 17.9. The van der Waals surface area contributed by atoms with Gasteiger partial charge in [-0.25, -0.2) is 4.98 Å². The van der Waals surface area contributed by atoms with E-state index in [2.05, 4.69) is 15.6 Å². The first-order valence-electron chi connectivity index (χ1n) is 8.33. The first-order valence-corrected chi connectivity index (χ1v) is 9.21. The molecule has 1 heterocycles. The van der Waals surface area contributed by atoms with Crippen molar-refractivity contribution in [3.8, 4) is 17.0 Å². The lowest BCUT2D eigenvalue weighted by atomic mass is 10.1. The molecule has 5 nitrogen and oxygen atoms in total. The zero-order valence-electron chi connectivity index (χ0n) is 14.9. The van der Waals surface area contributed by atoms with Crippen LogP contribution in [0, 0.1) is 5.92 Å². The van der Waals surface area contributed by atoms with Gasteiger partial charge in [0, 0.05) is 22.5 Å². The number of benzene rings is 2. The summed E-state index contributed by atoms with van der Waals surface area (Å²) in [5.74, 6) is 0.705. The van der Waals surface area contributed by atoms with Crippen molar-refractivity contribution in [3.63, 3.8) is 0 Å². The van der Waals surface area contributed by atoms with E-state index in [1.54, 1.807) is 7.11 Å². The molecule has 1 aromatic heterocycles. The number of methoxy groups -OCH3 is 1. The highest BCUT2D eigenvalue weighted by Crippen LogP contribution is 2.31. The molecule has 0 unspecified atom stereocenters. The van der Waals surface area contributed by atoms with Gasteiger partial charge in [-0.05, 0) is 24.3 Å². The molecule has 0 aliphatic rings. The van der Waals surface area contributed by atoms with Crippen molar-refractivity contribution < 1.29 is 9.53 Å². The summed E-state index contributed by atoms with van der Waals surface area (Å²) in [5.41, 5.74) is 3.45. The van der Waals surface area contributed by atoms with E-state index in [4.69, 9.17) is 4.74 Å². The van der Waals surface area contributed by atoms with Crippen LogP contribution < -0.4 is 15.4 Å². The monoisotopic (exact) mass is 367 g/mol. The van der Waals surface area contributed by atoms with E-state index < -0.39 is 0 Å². The lowest BCUT2D eigenvalue weighted by molar-refractivity contribution is -0.118. The number of nitrogens with zero attached hydrogens (tertiary/aromatic N) is 1. The standard InChI is InChI=1S/C20H21N3O2S/c1-13(2)19(24)21-15-8-6-7-14(11-15)17-12-26-20(23-17)22-16-9-4-5-10-18(16)25-3/h4-13H,1-3H3,(H,21,24)(H,22,23). The van der Waals surface area contributed by atoms with Gasteiger partial charge in [0.25, 0.3) is 0 Å². The number of ether oxygens (including phenoxy) is 1. The number of amides is 1. The van der Waals surface area contributed by atoms with Crippen LogP contribution in [0.25, 0.3) is 11.3 Å². The van der Waals surface area contributed by atoms with Gasteiger partial charge in [-0.15, -0.1) is 11.3 Å². The topological polar surface area (TPSA) is 63.2 Å². The third-order valence-corrected chi connectivity index (χ3v) is 4.56. The Morgan fingerprint density at radius 2 is 1.96 bits per heavy atom. The smallest absolute Gasteiger partial charge is 0.226 e. The lowest BCUT2D eigenvalue weighted by Crippen LogP contribution is -2.17. The van der Waals surface area contributed by atoms with E-state index in [0.717, 1.165) is 33.5 Å². The third-order valence-electron chi connectivity index (χ3n) is 3.80. The lowest BCUT2D eigenvalue weighted by Gasteiger charge is -2.09. The van der Waals surface area contributed by atoms with Crippen LogP contribution in [0.4, 0.5) is 16.5 Å². The van der Waals surface area contributed by atoms with Crippen molar-refractivity contribution in [2.45, 2.75) is 13.8 Å². The molecule has 6 heteroatoms. The Kier molecular flexibility index (Phi) is 5.53. The van der Waals surface area contributed by atoms with Crippen molar-refractivity contribution in [2.75, 3.05) is 17.7 Å². The normalized spacial score (nSPS) is 10.6. The minimum absolute atomic E-state index is 0.000967. The number of carbonyl (C=O) groups excluding carboxylic acids is 1. The van der Waals surface area contributed by atoms with Gasteiger partial charge in [0.15, 0.2) is 5.13 Å². The van der Waals surface area contributed by atoms with E-state index >= 15 is 0 Å². The quantitative estimate of drug-likeness (QED) is 0.632. The molecule has 0 saturated heterocycles. The number of hydrogen-bond acceptors (Lipinski definition) is 5. The maximum atomic E-state index is 11.9. The van der Waals surface area contributed by atoms with E-state index in [9.17, 15) is 4.79 Å². The third kappa shape index (κ3) is 4.21. The molecule has 0 radical (unpaired) electrons. The molecular weight excluding hydrogens is 346 g/mol. The van der Waals surface area contributed by atoms with Crippen LogP contribution >= 0.6 is 11.3 Å². The molecular formula is C20H21N3O2S. The highest BCUT2D eigenvalue weighted by Gasteiger charge is 2.10. The average molecular weight is 367 g/mol. The van der Waals surface area contributed by atoms with E-state index in [1.807, 2.05) is 67.8 Å². The summed E-state index contributed by atoms with van der Waals surface area (Å²) in [6, 6.07) is 15.4. The Bertz CT molecular complexity index is 905. The predicted octanol–water partition coefficient (Wildman–Crippen LogP) is 5.16. The minimum atomic E-state index is -0.0606. The summed E-state index contributed by atoms with van der Waals surface area (Å²) in [5, 5.41) is 8.97. The highest BCUT2D eigenvalue weighted by atomic mass is 32.1. The Balaban J connectivity index is 1.78. The molecule has 0 aliphatic heterocycles. The molecule has 134 valence electrons. The Labute approximate surface area is 157 Å². The molecule has 1 amide bonds. The average Bonchev–Trinajstić information content (AvgIpc) is 3.11. The number of aromatic nitrogens is 1. The molecule has 0 aliphatic carbocycles. The van der Waals surface area contributed by atoms with Crippen molar-refractivity contribution in [3.05, 3.63) is 53.9 Å². The second kappa shape index (κ2) is 8.01. The fourth-order valence-corrected chi connectivity index (χ4v) is 3.10. The van der Waals surface area contributed by atoms with Crippen molar-refractivity contribution in [1.82, 2.24) is 4.98 Å². The predicted molar refractivity (Wildman–Crippen MR) is 107 cm³/mol. The first-order chi connectivity index (χ1) is 12.6. The van der Waals surface area contributed by atoms with Crippen molar-refractivity contribution in [1.29, 1.82) is 0 Å². The highest BCUT2D eigenvalue weighted by molar-refractivity contribution is 7.14. The molecule has 3 aromatic rings. The van der Waals surface area contributed by atoms with Crippen LogP contribution in [-0.2, 0) is 4.79 Å². The van der Waals surface area contributed by atoms with Gasteiger partial charge in [-0.2, -0.15) is 0 Å². The number of para-hydroxylation sites is 2. The van der Waals surface area contributed by atoms with Gasteiger partial charge >= 0.3 is 0 Å². The van der Waals surface area contributed by atoms with E-state index in [0.29, 0.717) is 0 Å². The second-order valence-corrected chi connectivity index (χ2v) is 6.95. The number of hydrogen-bond donors (Lipinski definition) is 2. The Morgan fingerprint density at radius 1 is 1.15 bits per heavy atom. The van der Waals surface area contributed by atoms with Crippen LogP contribution in [0.1, 0.15) is 13.8 Å². The zero-order valence-corrected chi connectivity index (χ0v) is 15.8.